The molecule has 0 aliphatic rings. The van der Waals surface area contributed by atoms with Gasteiger partial charge in [-0.05, 0) is 48.5 Å². The fourth-order valence-electron chi connectivity index (χ4n) is 2.28. The molecule has 0 fully saturated rings. The first-order valence-corrected chi connectivity index (χ1v) is 9.17. The summed E-state index contributed by atoms with van der Waals surface area (Å²) in [5.41, 5.74) is 0.281. The van der Waals surface area contributed by atoms with E-state index in [1.54, 1.807) is 24.3 Å². The molecule has 0 bridgehead atoms. The van der Waals surface area contributed by atoms with Crippen molar-refractivity contribution in [2.24, 2.45) is 0 Å². The summed E-state index contributed by atoms with van der Waals surface area (Å²) in [6.07, 6.45) is 0. The van der Waals surface area contributed by atoms with Crippen LogP contribution in [0.5, 0.6) is 11.5 Å². The van der Waals surface area contributed by atoms with E-state index in [0.29, 0.717) is 21.6 Å². The molecule has 0 radical (unpaired) electrons. The monoisotopic (exact) mass is 461 g/mol. The van der Waals surface area contributed by atoms with Gasteiger partial charge in [-0.2, -0.15) is 8.78 Å². The van der Waals surface area contributed by atoms with Crippen LogP contribution >= 0.6 is 34.8 Å². The molecule has 0 unspecified atom stereocenters. The summed E-state index contributed by atoms with van der Waals surface area (Å²) >= 11 is 17.7. The van der Waals surface area contributed by atoms with Gasteiger partial charge >= 0.3 is 6.61 Å². The molecule has 3 rings (SSSR count). The number of rotatable bonds is 7. The van der Waals surface area contributed by atoms with Gasteiger partial charge in [0.05, 0.1) is 10.0 Å². The van der Waals surface area contributed by atoms with Gasteiger partial charge in [-0.25, -0.2) is 0 Å². The topological polar surface area (TPSA) is 60.7 Å². The van der Waals surface area contributed by atoms with E-state index >= 15 is 0 Å². The number of hydrogen-bond acceptors (Lipinski definition) is 4. The van der Waals surface area contributed by atoms with Crippen molar-refractivity contribution in [3.8, 4) is 11.5 Å². The summed E-state index contributed by atoms with van der Waals surface area (Å²) in [5, 5.41) is 3.30. The second-order valence-electron chi connectivity index (χ2n) is 5.61. The summed E-state index contributed by atoms with van der Waals surface area (Å²) in [4.78, 5) is 12.3. The third-order valence-electron chi connectivity index (χ3n) is 3.56. The number of alkyl halides is 2. The van der Waals surface area contributed by atoms with Crippen molar-refractivity contribution in [3.63, 3.8) is 0 Å². The number of halogens is 5. The molecule has 10 heteroatoms. The molecule has 2 aromatic carbocycles. The lowest BCUT2D eigenvalue weighted by atomic mass is 10.3. The predicted octanol–water partition coefficient (Wildman–Crippen LogP) is 6.67. The van der Waals surface area contributed by atoms with Crippen LogP contribution in [0.15, 0.2) is 52.9 Å². The Balaban J connectivity index is 1.61. The van der Waals surface area contributed by atoms with Crippen LogP contribution in [0.1, 0.15) is 16.3 Å². The van der Waals surface area contributed by atoms with E-state index < -0.39 is 12.5 Å². The second kappa shape index (κ2) is 9.35. The van der Waals surface area contributed by atoms with Crippen LogP contribution in [-0.4, -0.2) is 12.5 Å². The summed E-state index contributed by atoms with van der Waals surface area (Å²) in [5.74, 6) is 0.0752. The molecule has 0 aliphatic heterocycles. The average molecular weight is 463 g/mol. The molecule has 1 aromatic heterocycles. The van der Waals surface area contributed by atoms with Crippen LogP contribution < -0.4 is 14.8 Å². The Kier molecular flexibility index (Phi) is 6.84. The minimum absolute atomic E-state index is 0.0230. The molecule has 29 heavy (non-hydrogen) atoms. The highest BCUT2D eigenvalue weighted by molar-refractivity contribution is 6.35. The molecular formula is C19H12Cl3F2NO4. The van der Waals surface area contributed by atoms with Gasteiger partial charge in [-0.3, -0.25) is 4.79 Å². The van der Waals surface area contributed by atoms with Crippen LogP contribution in [-0.2, 0) is 6.61 Å². The molecule has 3 aromatic rings. The van der Waals surface area contributed by atoms with Gasteiger partial charge in [-0.15, -0.1) is 0 Å². The highest BCUT2D eigenvalue weighted by atomic mass is 35.5. The van der Waals surface area contributed by atoms with Crippen LogP contribution in [0.3, 0.4) is 0 Å². The molecule has 0 saturated heterocycles. The minimum Gasteiger partial charge on any atom is -0.484 e. The van der Waals surface area contributed by atoms with Crippen LogP contribution in [0.2, 0.25) is 15.1 Å². The Morgan fingerprint density at radius 2 is 1.72 bits per heavy atom. The maximum absolute atomic E-state index is 12.3. The predicted molar refractivity (Wildman–Crippen MR) is 106 cm³/mol. The Morgan fingerprint density at radius 1 is 1.00 bits per heavy atom. The molecule has 152 valence electrons. The molecule has 0 aliphatic carbocycles. The van der Waals surface area contributed by atoms with E-state index in [2.05, 4.69) is 10.1 Å². The number of furan rings is 1. The largest absolute Gasteiger partial charge is 0.484 e. The summed E-state index contributed by atoms with van der Waals surface area (Å²) in [6.45, 7) is -2.96. The second-order valence-corrected chi connectivity index (χ2v) is 6.86. The lowest BCUT2D eigenvalue weighted by Gasteiger charge is -2.09. The van der Waals surface area contributed by atoms with E-state index in [1.807, 2.05) is 0 Å². The zero-order valence-electron chi connectivity index (χ0n) is 14.4. The summed E-state index contributed by atoms with van der Waals surface area (Å²) < 4.78 is 39.8. The van der Waals surface area contributed by atoms with E-state index in [4.69, 9.17) is 44.0 Å². The number of carbonyl (C=O) groups excluding carboxylic acids is 1. The van der Waals surface area contributed by atoms with Crippen LogP contribution in [0, 0.1) is 0 Å². The standard InChI is InChI=1S/C19H12Cl3F2NO4/c20-10-1-4-15(13(21)7-10)27-9-12-3-6-17(28-12)18(26)25-11-2-5-16(14(22)8-11)29-19(23)24/h1-8,19H,9H2,(H,25,26). The SMILES string of the molecule is O=C(Nc1ccc(OC(F)F)c(Cl)c1)c1ccc(COc2ccc(Cl)cc2Cl)o1. The molecule has 1 amide bonds. The third kappa shape index (κ3) is 5.76. The number of ether oxygens (including phenoxy) is 2. The van der Waals surface area contributed by atoms with Crippen molar-refractivity contribution in [1.29, 1.82) is 0 Å². The number of carbonyl (C=O) groups is 1. The van der Waals surface area contributed by atoms with Gasteiger partial charge < -0.3 is 19.2 Å². The zero-order chi connectivity index (χ0) is 21.0. The number of nitrogens with one attached hydrogen (secondary N) is 1. The zero-order valence-corrected chi connectivity index (χ0v) is 16.7. The minimum atomic E-state index is -3.00. The number of amides is 1. The fraction of sp³-hybridized carbons (Fsp3) is 0.105. The Hall–Kier alpha value is -2.48. The van der Waals surface area contributed by atoms with E-state index in [-0.39, 0.29) is 28.8 Å². The van der Waals surface area contributed by atoms with Crippen molar-refractivity contribution in [2.75, 3.05) is 5.32 Å². The molecule has 0 atom stereocenters. The first-order chi connectivity index (χ1) is 13.8. The normalized spacial score (nSPS) is 10.8. The fourth-order valence-corrected chi connectivity index (χ4v) is 2.97. The van der Waals surface area contributed by atoms with E-state index in [1.165, 1.54) is 24.3 Å². The van der Waals surface area contributed by atoms with Gasteiger partial charge in [0.15, 0.2) is 5.76 Å². The third-order valence-corrected chi connectivity index (χ3v) is 4.38. The molecular weight excluding hydrogens is 451 g/mol. The number of anilines is 1. The van der Waals surface area contributed by atoms with Gasteiger partial charge in [0, 0.05) is 10.7 Å². The summed E-state index contributed by atoms with van der Waals surface area (Å²) in [6, 6.07) is 11.7. The molecule has 1 N–H and O–H groups in total. The quantitative estimate of drug-likeness (QED) is 0.426. The number of hydrogen-bond donors (Lipinski definition) is 1. The van der Waals surface area contributed by atoms with E-state index in [9.17, 15) is 13.6 Å². The van der Waals surface area contributed by atoms with Crippen molar-refractivity contribution >= 4 is 46.4 Å². The van der Waals surface area contributed by atoms with Crippen molar-refractivity contribution in [1.82, 2.24) is 0 Å². The lowest BCUT2D eigenvalue weighted by Crippen LogP contribution is -2.11. The molecule has 0 spiro atoms. The van der Waals surface area contributed by atoms with Crippen molar-refractivity contribution < 1.29 is 27.5 Å². The first kappa shape index (κ1) is 21.2. The maximum Gasteiger partial charge on any atom is 0.387 e. The molecule has 0 saturated carbocycles. The van der Waals surface area contributed by atoms with Gasteiger partial charge in [0.2, 0.25) is 0 Å². The van der Waals surface area contributed by atoms with Crippen LogP contribution in [0.25, 0.3) is 0 Å². The van der Waals surface area contributed by atoms with Crippen LogP contribution in [0.4, 0.5) is 14.5 Å². The van der Waals surface area contributed by atoms with Crippen molar-refractivity contribution in [3.05, 3.63) is 75.1 Å². The Labute approximate surface area is 179 Å². The first-order valence-electron chi connectivity index (χ1n) is 8.04. The molecule has 5 nitrogen and oxygen atoms in total. The van der Waals surface area contributed by atoms with Crippen molar-refractivity contribution in [2.45, 2.75) is 13.2 Å². The van der Waals surface area contributed by atoms with Gasteiger partial charge in [0.1, 0.15) is 23.9 Å². The number of benzene rings is 2. The molecule has 1 heterocycles. The smallest absolute Gasteiger partial charge is 0.387 e. The Morgan fingerprint density at radius 3 is 2.41 bits per heavy atom. The maximum atomic E-state index is 12.3. The highest BCUT2D eigenvalue weighted by Gasteiger charge is 2.14. The summed E-state index contributed by atoms with van der Waals surface area (Å²) in [7, 11) is 0. The Bertz CT molecular complexity index is 1030. The van der Waals surface area contributed by atoms with Gasteiger partial charge in [0.25, 0.3) is 5.91 Å². The van der Waals surface area contributed by atoms with Gasteiger partial charge in [-0.1, -0.05) is 34.8 Å². The highest BCUT2D eigenvalue weighted by Crippen LogP contribution is 2.30. The lowest BCUT2D eigenvalue weighted by molar-refractivity contribution is -0.0497. The van der Waals surface area contributed by atoms with E-state index in [0.717, 1.165) is 0 Å². The average Bonchev–Trinajstić information content (AvgIpc) is 3.12.